The van der Waals surface area contributed by atoms with Gasteiger partial charge >= 0.3 is 5.97 Å². The molecule has 30 heavy (non-hydrogen) atoms. The van der Waals surface area contributed by atoms with Crippen molar-refractivity contribution in [3.63, 3.8) is 0 Å². The van der Waals surface area contributed by atoms with Crippen LogP contribution in [0.4, 0.5) is 0 Å². The summed E-state index contributed by atoms with van der Waals surface area (Å²) in [7, 11) is 1.55. The first-order chi connectivity index (χ1) is 14.6. The average Bonchev–Trinajstić information content (AvgIpc) is 2.78. The zero-order chi connectivity index (χ0) is 21.1. The Kier molecular flexibility index (Phi) is 5.36. The first kappa shape index (κ1) is 19.8. The molecule has 0 aliphatic carbocycles. The molecule has 1 N–H and O–H groups in total. The van der Waals surface area contributed by atoms with Crippen molar-refractivity contribution in [3.8, 4) is 17.2 Å². The summed E-state index contributed by atoms with van der Waals surface area (Å²) in [5.41, 5.74) is 1.93. The number of ether oxygens (including phenoxy) is 3. The van der Waals surface area contributed by atoms with Crippen molar-refractivity contribution in [2.24, 2.45) is 5.92 Å². The molecule has 0 saturated heterocycles. The van der Waals surface area contributed by atoms with E-state index in [9.17, 15) is 9.90 Å². The van der Waals surface area contributed by atoms with E-state index in [1.807, 2.05) is 79.7 Å². The molecule has 1 aliphatic heterocycles. The molecular formula is C25H24O5. The van der Waals surface area contributed by atoms with E-state index < -0.39 is 17.3 Å². The van der Waals surface area contributed by atoms with Crippen LogP contribution in [0.1, 0.15) is 23.6 Å². The van der Waals surface area contributed by atoms with Gasteiger partial charge in [-0.15, -0.1) is 0 Å². The average molecular weight is 404 g/mol. The monoisotopic (exact) mass is 404 g/mol. The third-order valence-electron chi connectivity index (χ3n) is 5.95. The van der Waals surface area contributed by atoms with Crippen LogP contribution in [-0.2, 0) is 16.6 Å². The van der Waals surface area contributed by atoms with Crippen LogP contribution in [-0.4, -0.2) is 25.0 Å². The van der Waals surface area contributed by atoms with E-state index in [4.69, 9.17) is 14.2 Å². The molecule has 4 rings (SSSR count). The summed E-state index contributed by atoms with van der Waals surface area (Å²) >= 11 is 0. The number of fused-ring (bicyclic) bond motifs is 2. The molecule has 0 radical (unpaired) electrons. The molecule has 3 aromatic carbocycles. The zero-order valence-electron chi connectivity index (χ0n) is 17.0. The van der Waals surface area contributed by atoms with Gasteiger partial charge in [0, 0.05) is 5.41 Å². The van der Waals surface area contributed by atoms with Gasteiger partial charge in [-0.05, 0) is 29.2 Å². The van der Waals surface area contributed by atoms with Crippen molar-refractivity contribution < 1.29 is 24.1 Å². The minimum atomic E-state index is -0.868. The van der Waals surface area contributed by atoms with Crippen LogP contribution < -0.4 is 14.2 Å². The van der Waals surface area contributed by atoms with Crippen LogP contribution in [0.15, 0.2) is 72.8 Å². The number of carboxylic acids is 1. The Balaban J connectivity index is 1.84. The molecule has 2 bridgehead atoms. The highest BCUT2D eigenvalue weighted by Crippen LogP contribution is 2.46. The lowest BCUT2D eigenvalue weighted by molar-refractivity contribution is -0.143. The highest BCUT2D eigenvalue weighted by Gasteiger charge is 2.43. The summed E-state index contributed by atoms with van der Waals surface area (Å²) in [6.07, 6.45) is 0.279. The van der Waals surface area contributed by atoms with Gasteiger partial charge in [0.1, 0.15) is 0 Å². The minimum Gasteiger partial charge on any atom is -0.490 e. The molecule has 5 nitrogen and oxygen atoms in total. The molecule has 1 aliphatic rings. The molecule has 0 aromatic heterocycles. The summed E-state index contributed by atoms with van der Waals surface area (Å²) < 4.78 is 16.6. The van der Waals surface area contributed by atoms with Crippen molar-refractivity contribution in [2.75, 3.05) is 13.9 Å². The summed E-state index contributed by atoms with van der Waals surface area (Å²) in [5, 5.41) is 10.4. The molecule has 0 amide bonds. The van der Waals surface area contributed by atoms with Gasteiger partial charge in [-0.25, -0.2) is 0 Å². The molecule has 1 atom stereocenters. The van der Waals surface area contributed by atoms with Gasteiger partial charge in [-0.3, -0.25) is 4.79 Å². The summed E-state index contributed by atoms with van der Waals surface area (Å²) in [6, 6.07) is 23.3. The molecule has 0 fully saturated rings. The van der Waals surface area contributed by atoms with Crippen molar-refractivity contribution in [3.05, 3.63) is 89.5 Å². The number of aliphatic carboxylic acids is 1. The predicted octanol–water partition coefficient (Wildman–Crippen LogP) is 4.67. The first-order valence-corrected chi connectivity index (χ1v) is 9.85. The van der Waals surface area contributed by atoms with Crippen LogP contribution in [0.25, 0.3) is 0 Å². The molecule has 1 unspecified atom stereocenters. The van der Waals surface area contributed by atoms with Crippen molar-refractivity contribution >= 4 is 5.97 Å². The second-order valence-corrected chi connectivity index (χ2v) is 7.52. The lowest BCUT2D eigenvalue weighted by Crippen LogP contribution is -2.40. The third-order valence-corrected chi connectivity index (χ3v) is 5.95. The highest BCUT2D eigenvalue weighted by molar-refractivity contribution is 5.75. The van der Waals surface area contributed by atoms with Crippen LogP contribution >= 0.6 is 0 Å². The number of carbonyl (C=O) groups is 1. The summed E-state index contributed by atoms with van der Waals surface area (Å²) in [6.45, 7) is 2.08. The zero-order valence-corrected chi connectivity index (χ0v) is 17.0. The van der Waals surface area contributed by atoms with E-state index in [2.05, 4.69) is 0 Å². The molecule has 154 valence electrons. The first-order valence-electron chi connectivity index (χ1n) is 9.85. The number of carboxylic acid groups (broad SMARTS) is 1. The second kappa shape index (κ2) is 8.11. The second-order valence-electron chi connectivity index (χ2n) is 7.52. The quantitative estimate of drug-likeness (QED) is 0.620. The maximum atomic E-state index is 12.6. The fraction of sp³-hybridized carbons (Fsp3) is 0.240. The van der Waals surface area contributed by atoms with E-state index in [0.29, 0.717) is 17.2 Å². The maximum absolute atomic E-state index is 12.6. The Bertz CT molecular complexity index is 991. The largest absolute Gasteiger partial charge is 0.490 e. The van der Waals surface area contributed by atoms with E-state index >= 15 is 0 Å². The van der Waals surface area contributed by atoms with Crippen molar-refractivity contribution in [1.29, 1.82) is 0 Å². The van der Waals surface area contributed by atoms with E-state index in [1.165, 1.54) is 0 Å². The van der Waals surface area contributed by atoms with Crippen LogP contribution in [0.5, 0.6) is 17.2 Å². The Labute approximate surface area is 175 Å². The smallest absolute Gasteiger partial charge is 0.308 e. The minimum absolute atomic E-state index is 0.0811. The Morgan fingerprint density at radius 1 is 1.00 bits per heavy atom. The fourth-order valence-corrected chi connectivity index (χ4v) is 4.26. The lowest BCUT2D eigenvalue weighted by Gasteiger charge is -2.37. The van der Waals surface area contributed by atoms with Gasteiger partial charge in [0.2, 0.25) is 12.5 Å². The van der Waals surface area contributed by atoms with Crippen LogP contribution in [0, 0.1) is 5.92 Å². The number of benzene rings is 3. The molecule has 0 spiro atoms. The molecule has 1 heterocycles. The van der Waals surface area contributed by atoms with Gasteiger partial charge in [-0.1, -0.05) is 73.7 Å². The van der Waals surface area contributed by atoms with E-state index in [0.717, 1.165) is 16.7 Å². The predicted molar refractivity (Wildman–Crippen MR) is 113 cm³/mol. The van der Waals surface area contributed by atoms with E-state index in [-0.39, 0.29) is 13.2 Å². The standard InChI is InChI=1S/C25H24O5/c1-25(18-9-5-3-6-10-18,19-11-7-4-8-12-19)20(24(26)27)15-17-13-14-21-23(28-2)22(17)30-16-29-21/h3-14,20H,15-16H2,1-2H3,(H,26,27). The molecule has 5 heteroatoms. The number of hydrogen-bond donors (Lipinski definition) is 1. The van der Waals surface area contributed by atoms with Crippen LogP contribution in [0.3, 0.4) is 0 Å². The maximum Gasteiger partial charge on any atom is 0.308 e. The van der Waals surface area contributed by atoms with Crippen molar-refractivity contribution in [2.45, 2.75) is 18.8 Å². The van der Waals surface area contributed by atoms with Crippen LogP contribution in [0.2, 0.25) is 0 Å². The molecule has 3 aromatic rings. The van der Waals surface area contributed by atoms with Gasteiger partial charge < -0.3 is 19.3 Å². The third kappa shape index (κ3) is 3.36. The Morgan fingerprint density at radius 3 is 2.13 bits per heavy atom. The summed E-state index contributed by atoms with van der Waals surface area (Å²) in [5.74, 6) is 0.0521. The topological polar surface area (TPSA) is 65.0 Å². The van der Waals surface area contributed by atoms with Gasteiger partial charge in [0.25, 0.3) is 0 Å². The highest BCUT2D eigenvalue weighted by atomic mass is 16.7. The molecular weight excluding hydrogens is 380 g/mol. The van der Waals surface area contributed by atoms with E-state index in [1.54, 1.807) is 7.11 Å². The number of hydrogen-bond acceptors (Lipinski definition) is 4. The Hall–Kier alpha value is -3.47. The van der Waals surface area contributed by atoms with Crippen molar-refractivity contribution in [1.82, 2.24) is 0 Å². The number of rotatable bonds is 7. The Morgan fingerprint density at radius 2 is 1.60 bits per heavy atom. The SMILES string of the molecule is COc1c2ccc(CC(C(=O)O)C(C)(c3ccccc3)c3ccccc3)c1OCO2. The number of methoxy groups -OCH3 is 1. The van der Waals surface area contributed by atoms with Gasteiger partial charge in [-0.2, -0.15) is 0 Å². The van der Waals surface area contributed by atoms with Gasteiger partial charge in [0.05, 0.1) is 13.0 Å². The van der Waals surface area contributed by atoms with Gasteiger partial charge in [0.15, 0.2) is 11.5 Å². The normalized spacial score (nSPS) is 13.7. The fourth-order valence-electron chi connectivity index (χ4n) is 4.26. The molecule has 0 saturated carbocycles. The lowest BCUT2D eigenvalue weighted by atomic mass is 9.65. The summed E-state index contributed by atoms with van der Waals surface area (Å²) in [4.78, 5) is 12.6.